The first-order chi connectivity index (χ1) is 13.2. The summed E-state index contributed by atoms with van der Waals surface area (Å²) < 4.78 is 10.9. The molecule has 0 saturated carbocycles. The van der Waals surface area contributed by atoms with Gasteiger partial charge in [-0.3, -0.25) is 4.79 Å². The van der Waals surface area contributed by atoms with Crippen molar-refractivity contribution in [3.63, 3.8) is 0 Å². The van der Waals surface area contributed by atoms with E-state index in [-0.39, 0.29) is 11.3 Å². The van der Waals surface area contributed by atoms with Crippen molar-refractivity contribution < 1.29 is 14.3 Å². The molecule has 27 heavy (non-hydrogen) atoms. The van der Waals surface area contributed by atoms with E-state index in [0.717, 1.165) is 70.9 Å². The van der Waals surface area contributed by atoms with Gasteiger partial charge in [-0.05, 0) is 43.6 Å². The molecule has 148 valence electrons. The normalized spacial score (nSPS) is 25.9. The van der Waals surface area contributed by atoms with Gasteiger partial charge in [0.1, 0.15) is 0 Å². The van der Waals surface area contributed by atoms with Gasteiger partial charge in [-0.15, -0.1) is 0 Å². The molecule has 0 aliphatic carbocycles. The van der Waals surface area contributed by atoms with E-state index in [9.17, 15) is 4.79 Å². The minimum absolute atomic E-state index is 0.159. The zero-order valence-electron chi connectivity index (χ0n) is 16.2. The molecule has 4 heterocycles. The van der Waals surface area contributed by atoms with E-state index in [0.29, 0.717) is 18.6 Å². The predicted molar refractivity (Wildman–Crippen MR) is 101 cm³/mol. The Balaban J connectivity index is 1.40. The van der Waals surface area contributed by atoms with Gasteiger partial charge in [0.15, 0.2) is 0 Å². The van der Waals surface area contributed by atoms with Crippen LogP contribution >= 0.6 is 0 Å². The highest BCUT2D eigenvalue weighted by molar-refractivity contribution is 5.79. The third kappa shape index (κ3) is 3.94. The van der Waals surface area contributed by atoms with Gasteiger partial charge in [0.25, 0.3) is 0 Å². The highest BCUT2D eigenvalue weighted by Gasteiger charge is 2.47. The third-order valence-corrected chi connectivity index (χ3v) is 6.49. The van der Waals surface area contributed by atoms with E-state index < -0.39 is 0 Å². The van der Waals surface area contributed by atoms with Crippen molar-refractivity contribution >= 4 is 11.9 Å². The molecule has 1 aromatic rings. The molecule has 0 N–H and O–H groups in total. The molecular formula is C20H30N4O3. The Hall–Kier alpha value is -1.73. The van der Waals surface area contributed by atoms with Crippen LogP contribution in [-0.4, -0.2) is 73.4 Å². The summed E-state index contributed by atoms with van der Waals surface area (Å²) in [7, 11) is 1.75. The maximum absolute atomic E-state index is 12.8. The number of hydrogen-bond donors (Lipinski definition) is 0. The van der Waals surface area contributed by atoms with Crippen LogP contribution in [0.1, 0.15) is 32.1 Å². The summed E-state index contributed by atoms with van der Waals surface area (Å²) >= 11 is 0. The lowest BCUT2D eigenvalue weighted by Gasteiger charge is -2.40. The van der Waals surface area contributed by atoms with E-state index in [1.807, 2.05) is 6.07 Å². The summed E-state index contributed by atoms with van der Waals surface area (Å²) in [6.45, 7) is 4.80. The number of carbonyl (C=O) groups is 1. The number of methoxy groups -OCH3 is 1. The van der Waals surface area contributed by atoms with Gasteiger partial charge in [-0.25, -0.2) is 9.97 Å². The molecule has 1 spiro atoms. The van der Waals surface area contributed by atoms with Gasteiger partial charge in [0, 0.05) is 58.3 Å². The van der Waals surface area contributed by atoms with Gasteiger partial charge >= 0.3 is 0 Å². The fourth-order valence-corrected chi connectivity index (χ4v) is 4.95. The number of aromatic nitrogens is 2. The Bertz CT molecular complexity index is 627. The number of likely N-dealkylation sites (tertiary alicyclic amines) is 1. The van der Waals surface area contributed by atoms with Gasteiger partial charge in [0.2, 0.25) is 11.9 Å². The number of carbonyl (C=O) groups excluding carboxylic acids is 1. The molecule has 0 radical (unpaired) electrons. The average molecular weight is 374 g/mol. The number of nitrogens with zero attached hydrogens (tertiary/aromatic N) is 4. The molecule has 0 bridgehead atoms. The van der Waals surface area contributed by atoms with Crippen LogP contribution in [0.3, 0.4) is 0 Å². The Labute approximate surface area is 161 Å². The first-order valence-electron chi connectivity index (χ1n) is 10.1. The van der Waals surface area contributed by atoms with Crippen LogP contribution in [0.25, 0.3) is 0 Å². The Morgan fingerprint density at radius 1 is 1.26 bits per heavy atom. The monoisotopic (exact) mass is 374 g/mol. The minimum atomic E-state index is 0.159. The second-order valence-electron chi connectivity index (χ2n) is 8.20. The van der Waals surface area contributed by atoms with Crippen LogP contribution < -0.4 is 4.90 Å². The van der Waals surface area contributed by atoms with Crippen LogP contribution in [0.5, 0.6) is 0 Å². The van der Waals surface area contributed by atoms with Crippen molar-refractivity contribution in [3.8, 4) is 0 Å². The van der Waals surface area contributed by atoms with Crippen molar-refractivity contribution in [1.29, 1.82) is 0 Å². The molecule has 1 aromatic heterocycles. The summed E-state index contributed by atoms with van der Waals surface area (Å²) in [6, 6.07) is 2.15. The fourth-order valence-electron chi connectivity index (χ4n) is 4.95. The lowest BCUT2D eigenvalue weighted by molar-refractivity contribution is -0.140. The summed E-state index contributed by atoms with van der Waals surface area (Å²) in [5, 5.41) is 0. The zero-order valence-corrected chi connectivity index (χ0v) is 16.2. The quantitative estimate of drug-likeness (QED) is 0.800. The number of hydrogen-bond acceptors (Lipinski definition) is 6. The number of piperidine rings is 1. The van der Waals surface area contributed by atoms with E-state index in [1.54, 1.807) is 19.5 Å². The fraction of sp³-hybridized carbons (Fsp3) is 0.750. The molecule has 3 saturated heterocycles. The smallest absolute Gasteiger partial charge is 0.225 e. The molecule has 1 amide bonds. The number of ether oxygens (including phenoxy) is 2. The molecule has 3 fully saturated rings. The second-order valence-corrected chi connectivity index (χ2v) is 8.20. The van der Waals surface area contributed by atoms with Crippen molar-refractivity contribution in [2.24, 2.45) is 11.3 Å². The van der Waals surface area contributed by atoms with Crippen molar-refractivity contribution in [2.75, 3.05) is 51.5 Å². The average Bonchev–Trinajstić information content (AvgIpc) is 3.07. The van der Waals surface area contributed by atoms with Crippen molar-refractivity contribution in [2.45, 2.75) is 38.1 Å². The number of rotatable bonds is 4. The van der Waals surface area contributed by atoms with Gasteiger partial charge < -0.3 is 19.3 Å². The molecule has 1 atom stereocenters. The van der Waals surface area contributed by atoms with Crippen LogP contribution in [0.4, 0.5) is 5.95 Å². The lowest BCUT2D eigenvalue weighted by Crippen LogP contribution is -2.47. The van der Waals surface area contributed by atoms with Crippen LogP contribution in [-0.2, 0) is 14.3 Å². The van der Waals surface area contributed by atoms with E-state index in [4.69, 9.17) is 9.47 Å². The Morgan fingerprint density at radius 3 is 2.63 bits per heavy atom. The summed E-state index contributed by atoms with van der Waals surface area (Å²) in [5.41, 5.74) is 0.231. The van der Waals surface area contributed by atoms with Crippen LogP contribution in [0.15, 0.2) is 18.5 Å². The highest BCUT2D eigenvalue weighted by atomic mass is 16.5. The van der Waals surface area contributed by atoms with Crippen LogP contribution in [0.2, 0.25) is 0 Å². The van der Waals surface area contributed by atoms with E-state index in [1.165, 1.54) is 0 Å². The molecule has 4 rings (SSSR count). The molecule has 0 aromatic carbocycles. The SMILES string of the molecule is COCC1CC2(CCN(C(=O)C3CCOCC3)CC2)CN1c1ncccn1. The first kappa shape index (κ1) is 18.6. The van der Waals surface area contributed by atoms with E-state index >= 15 is 0 Å². The Kier molecular flexibility index (Phi) is 5.59. The first-order valence-corrected chi connectivity index (χ1v) is 10.1. The Morgan fingerprint density at radius 2 is 1.96 bits per heavy atom. The highest BCUT2D eigenvalue weighted by Crippen LogP contribution is 2.44. The number of amides is 1. The van der Waals surface area contributed by atoms with Gasteiger partial charge in [0.05, 0.1) is 12.6 Å². The summed E-state index contributed by atoms with van der Waals surface area (Å²) in [6.07, 6.45) is 8.51. The van der Waals surface area contributed by atoms with Gasteiger partial charge in [-0.2, -0.15) is 0 Å². The predicted octanol–water partition coefficient (Wildman–Crippen LogP) is 1.74. The largest absolute Gasteiger partial charge is 0.383 e. The standard InChI is InChI=1S/C20H30N4O3/c1-26-14-17-13-20(15-24(17)19-21-7-2-8-22-19)5-9-23(10-6-20)18(25)16-3-11-27-12-4-16/h2,7-8,16-17H,3-6,9-15H2,1H3. The maximum Gasteiger partial charge on any atom is 0.225 e. The van der Waals surface area contributed by atoms with Crippen molar-refractivity contribution in [1.82, 2.24) is 14.9 Å². The lowest BCUT2D eigenvalue weighted by atomic mass is 9.76. The van der Waals surface area contributed by atoms with E-state index in [2.05, 4.69) is 19.8 Å². The van der Waals surface area contributed by atoms with Gasteiger partial charge in [-0.1, -0.05) is 0 Å². The topological polar surface area (TPSA) is 67.8 Å². The molecule has 7 nitrogen and oxygen atoms in total. The summed E-state index contributed by atoms with van der Waals surface area (Å²) in [4.78, 5) is 26.1. The number of anilines is 1. The second kappa shape index (κ2) is 8.10. The molecule has 1 unspecified atom stereocenters. The van der Waals surface area contributed by atoms with Crippen molar-refractivity contribution in [3.05, 3.63) is 18.5 Å². The molecular weight excluding hydrogens is 344 g/mol. The third-order valence-electron chi connectivity index (χ3n) is 6.49. The molecule has 3 aliphatic rings. The zero-order chi connectivity index (χ0) is 18.7. The van der Waals surface area contributed by atoms with Crippen LogP contribution in [0, 0.1) is 11.3 Å². The minimum Gasteiger partial charge on any atom is -0.383 e. The molecule has 3 aliphatic heterocycles. The molecule has 7 heteroatoms. The summed E-state index contributed by atoms with van der Waals surface area (Å²) in [5.74, 6) is 1.28. The maximum atomic E-state index is 12.8.